The van der Waals surface area contributed by atoms with E-state index in [0.717, 1.165) is 24.0 Å². The first-order valence-corrected chi connectivity index (χ1v) is 9.30. The fourth-order valence-electron chi connectivity index (χ4n) is 1.78. The van der Waals surface area contributed by atoms with Crippen molar-refractivity contribution in [2.75, 3.05) is 37.6 Å². The molecule has 3 N–H and O–H groups in total. The van der Waals surface area contributed by atoms with E-state index in [0.29, 0.717) is 23.0 Å². The lowest BCUT2D eigenvalue weighted by atomic mass is 10.1. The third-order valence-corrected chi connectivity index (χ3v) is 5.30. The number of rotatable bonds is 8. The van der Waals surface area contributed by atoms with Crippen molar-refractivity contribution in [3.63, 3.8) is 0 Å². The Bertz CT molecular complexity index is 606. The number of carbonyl (C=O) groups is 1. The summed E-state index contributed by atoms with van der Waals surface area (Å²) in [5, 5.41) is 3.46. The summed E-state index contributed by atoms with van der Waals surface area (Å²) >= 11 is 1.10. The average molecular weight is 334 g/mol. The highest BCUT2D eigenvalue weighted by Gasteiger charge is 2.27. The number of thiophene rings is 1. The van der Waals surface area contributed by atoms with E-state index in [4.69, 9.17) is 10.5 Å². The van der Waals surface area contributed by atoms with E-state index in [-0.39, 0.29) is 22.3 Å². The largest absolute Gasteiger partial charge is 0.396 e. The zero-order chi connectivity index (χ0) is 16.2. The summed E-state index contributed by atoms with van der Waals surface area (Å²) in [4.78, 5) is 12.4. The van der Waals surface area contributed by atoms with Gasteiger partial charge in [-0.2, -0.15) is 0 Å². The van der Waals surface area contributed by atoms with Crippen LogP contribution in [0.15, 0.2) is 4.90 Å². The molecule has 8 heteroatoms. The number of carbonyl (C=O) groups excluding carboxylic acids is 1. The van der Waals surface area contributed by atoms with E-state index in [1.54, 1.807) is 21.0 Å². The molecule has 0 radical (unpaired) electrons. The topological polar surface area (TPSA) is 98.5 Å². The smallest absolute Gasteiger partial charge is 0.180 e. The molecule has 0 fully saturated rings. The van der Waals surface area contributed by atoms with Crippen LogP contribution in [0.1, 0.15) is 29.9 Å². The van der Waals surface area contributed by atoms with Crippen LogP contribution in [0.5, 0.6) is 0 Å². The lowest BCUT2D eigenvalue weighted by Crippen LogP contribution is -2.10. The van der Waals surface area contributed by atoms with Gasteiger partial charge in [0, 0.05) is 32.4 Å². The van der Waals surface area contributed by atoms with Gasteiger partial charge in [0.1, 0.15) is 9.90 Å². The molecule has 1 heterocycles. The lowest BCUT2D eigenvalue weighted by Gasteiger charge is -2.06. The maximum atomic E-state index is 12.1. The number of sulfone groups is 1. The van der Waals surface area contributed by atoms with Gasteiger partial charge < -0.3 is 15.8 Å². The number of anilines is 2. The predicted molar refractivity (Wildman–Crippen MR) is 86.0 cm³/mol. The molecule has 120 valence electrons. The van der Waals surface area contributed by atoms with Gasteiger partial charge in [0.25, 0.3) is 0 Å². The number of nitrogens with one attached hydrogen (secondary N) is 1. The van der Waals surface area contributed by atoms with Crippen molar-refractivity contribution in [1.82, 2.24) is 0 Å². The number of ether oxygens (including phenoxy) is 1. The van der Waals surface area contributed by atoms with E-state index in [1.165, 1.54) is 0 Å². The third-order valence-electron chi connectivity index (χ3n) is 2.83. The Labute approximate surface area is 129 Å². The van der Waals surface area contributed by atoms with Crippen molar-refractivity contribution in [2.24, 2.45) is 5.92 Å². The summed E-state index contributed by atoms with van der Waals surface area (Å²) in [5.41, 5.74) is 5.96. The first-order chi connectivity index (χ1) is 9.70. The number of hydrogen-bond donors (Lipinski definition) is 2. The monoisotopic (exact) mass is 334 g/mol. The minimum atomic E-state index is -3.51. The number of methoxy groups -OCH3 is 1. The summed E-state index contributed by atoms with van der Waals surface area (Å²) in [6, 6.07) is 0. The molecule has 0 aliphatic rings. The molecule has 0 saturated heterocycles. The normalized spacial score (nSPS) is 11.9. The standard InChI is InChI=1S/C13H22N2O4S2/c1-8(2)10(16)11-9(14)12(21(4,17)18)13(20-11)15-6-5-7-19-3/h8,15H,5-7,14H2,1-4H3. The second kappa shape index (κ2) is 7.24. The number of Topliss-reactive ketones (excluding diaryl/α,β-unsaturated/α-hetero) is 1. The number of hydrogen-bond acceptors (Lipinski definition) is 7. The van der Waals surface area contributed by atoms with Gasteiger partial charge >= 0.3 is 0 Å². The lowest BCUT2D eigenvalue weighted by molar-refractivity contribution is 0.0944. The third kappa shape index (κ3) is 4.42. The van der Waals surface area contributed by atoms with Crippen molar-refractivity contribution >= 4 is 37.6 Å². The highest BCUT2D eigenvalue weighted by Crippen LogP contribution is 2.40. The summed E-state index contributed by atoms with van der Waals surface area (Å²) in [6.45, 7) is 4.63. The van der Waals surface area contributed by atoms with Crippen LogP contribution in [0.2, 0.25) is 0 Å². The second-order valence-electron chi connectivity index (χ2n) is 5.07. The van der Waals surface area contributed by atoms with Crippen LogP contribution in [-0.4, -0.2) is 40.7 Å². The van der Waals surface area contributed by atoms with Gasteiger partial charge in [-0.05, 0) is 6.42 Å². The fraction of sp³-hybridized carbons (Fsp3) is 0.615. The van der Waals surface area contributed by atoms with E-state index in [2.05, 4.69) is 5.32 Å². The van der Waals surface area contributed by atoms with Gasteiger partial charge in [-0.15, -0.1) is 11.3 Å². The van der Waals surface area contributed by atoms with Crippen LogP contribution in [-0.2, 0) is 14.6 Å². The quantitative estimate of drug-likeness (QED) is 0.557. The molecule has 0 bridgehead atoms. The van der Waals surface area contributed by atoms with E-state index < -0.39 is 9.84 Å². The molecule has 0 unspecified atom stereocenters. The zero-order valence-electron chi connectivity index (χ0n) is 12.7. The molecule has 0 amide bonds. The number of nitrogen functional groups attached to an aromatic ring is 1. The molecule has 1 aromatic heterocycles. The Morgan fingerprint density at radius 1 is 1.43 bits per heavy atom. The summed E-state index contributed by atoms with van der Waals surface area (Å²) in [5.74, 6) is -0.382. The first kappa shape index (κ1) is 17.9. The number of ketones is 1. The molecule has 0 aliphatic carbocycles. The van der Waals surface area contributed by atoms with Crippen LogP contribution in [0.25, 0.3) is 0 Å². The fourth-order valence-corrected chi connectivity index (χ4v) is 4.46. The van der Waals surface area contributed by atoms with Crippen LogP contribution in [0.4, 0.5) is 10.7 Å². The van der Waals surface area contributed by atoms with Gasteiger partial charge in [-0.3, -0.25) is 4.79 Å². The average Bonchev–Trinajstić information content (AvgIpc) is 2.70. The molecule has 21 heavy (non-hydrogen) atoms. The molecular weight excluding hydrogens is 312 g/mol. The summed E-state index contributed by atoms with van der Waals surface area (Å²) < 4.78 is 28.8. The van der Waals surface area contributed by atoms with Gasteiger partial charge in [0.2, 0.25) is 0 Å². The van der Waals surface area contributed by atoms with Crippen LogP contribution in [0.3, 0.4) is 0 Å². The van der Waals surface area contributed by atoms with Crippen molar-refractivity contribution in [3.8, 4) is 0 Å². The minimum Gasteiger partial charge on any atom is -0.396 e. The Morgan fingerprint density at radius 3 is 2.52 bits per heavy atom. The maximum Gasteiger partial charge on any atom is 0.180 e. The SMILES string of the molecule is COCCCNc1sc(C(=O)C(C)C)c(N)c1S(C)(=O)=O. The molecular formula is C13H22N2O4S2. The zero-order valence-corrected chi connectivity index (χ0v) is 14.4. The summed E-state index contributed by atoms with van der Waals surface area (Å²) in [7, 11) is -1.90. The highest BCUT2D eigenvalue weighted by atomic mass is 32.2. The first-order valence-electron chi connectivity index (χ1n) is 6.59. The Kier molecular flexibility index (Phi) is 6.18. The van der Waals surface area contributed by atoms with Crippen molar-refractivity contribution in [3.05, 3.63) is 4.88 Å². The van der Waals surface area contributed by atoms with Crippen molar-refractivity contribution in [1.29, 1.82) is 0 Å². The van der Waals surface area contributed by atoms with Gasteiger partial charge in [0.15, 0.2) is 15.6 Å². The Morgan fingerprint density at radius 2 is 2.05 bits per heavy atom. The van der Waals surface area contributed by atoms with E-state index >= 15 is 0 Å². The molecule has 0 aliphatic heterocycles. The van der Waals surface area contributed by atoms with E-state index in [1.807, 2.05) is 0 Å². The van der Waals surface area contributed by atoms with Gasteiger partial charge in [-0.25, -0.2) is 8.42 Å². The molecule has 6 nitrogen and oxygen atoms in total. The predicted octanol–water partition coefficient (Wildman–Crippen LogP) is 2.02. The maximum absolute atomic E-state index is 12.1. The second-order valence-corrected chi connectivity index (χ2v) is 8.04. The van der Waals surface area contributed by atoms with Crippen LogP contribution in [0, 0.1) is 5.92 Å². The molecule has 0 saturated carbocycles. The molecule has 0 aromatic carbocycles. The highest BCUT2D eigenvalue weighted by molar-refractivity contribution is 7.91. The summed E-state index contributed by atoms with van der Waals surface area (Å²) in [6.07, 6.45) is 1.82. The van der Waals surface area contributed by atoms with Crippen molar-refractivity contribution in [2.45, 2.75) is 25.2 Å². The Balaban J connectivity index is 3.17. The van der Waals surface area contributed by atoms with Gasteiger partial charge in [0.05, 0.1) is 10.6 Å². The number of nitrogens with two attached hydrogens (primary N) is 1. The minimum absolute atomic E-state index is 0.0221. The Hall–Kier alpha value is -1.12. The molecule has 1 rings (SSSR count). The van der Waals surface area contributed by atoms with E-state index in [9.17, 15) is 13.2 Å². The van der Waals surface area contributed by atoms with Crippen LogP contribution < -0.4 is 11.1 Å². The molecule has 1 aromatic rings. The van der Waals surface area contributed by atoms with Gasteiger partial charge in [-0.1, -0.05) is 13.8 Å². The van der Waals surface area contributed by atoms with Crippen LogP contribution >= 0.6 is 11.3 Å². The molecule has 0 spiro atoms. The molecule has 0 atom stereocenters. The van der Waals surface area contributed by atoms with Crippen molar-refractivity contribution < 1.29 is 17.9 Å².